The van der Waals surface area contributed by atoms with Crippen molar-refractivity contribution in [1.82, 2.24) is 15.2 Å². The molecule has 4 rings (SSSR count). The first-order valence-electron chi connectivity index (χ1n) is 9.09. The number of methoxy groups -OCH3 is 2. The molecule has 0 unspecified atom stereocenters. The molecule has 28 heavy (non-hydrogen) atoms. The third kappa shape index (κ3) is 4.18. The number of fused-ring (bicyclic) bond motifs is 1. The van der Waals surface area contributed by atoms with Crippen molar-refractivity contribution in [2.75, 3.05) is 39.4 Å². The molecular weight excluding hydrogens is 374 g/mol. The molecule has 2 heterocycles. The zero-order valence-electron chi connectivity index (χ0n) is 15.9. The van der Waals surface area contributed by atoms with E-state index in [1.54, 1.807) is 25.6 Å². The molecule has 8 heteroatoms. The minimum atomic E-state index is 0.646. The van der Waals surface area contributed by atoms with Gasteiger partial charge in [-0.3, -0.25) is 4.90 Å². The summed E-state index contributed by atoms with van der Waals surface area (Å²) in [6.45, 7) is 2.29. The molecule has 2 N–H and O–H groups in total. The monoisotopic (exact) mass is 397 g/mol. The summed E-state index contributed by atoms with van der Waals surface area (Å²) >= 11 is 1.63. The average Bonchev–Trinajstić information content (AvgIpc) is 3.15. The second-order valence-electron chi connectivity index (χ2n) is 6.43. The summed E-state index contributed by atoms with van der Waals surface area (Å²) in [5, 5.41) is 7.46. The van der Waals surface area contributed by atoms with Gasteiger partial charge in [-0.25, -0.2) is 9.98 Å². The zero-order valence-corrected chi connectivity index (χ0v) is 16.8. The molecule has 0 saturated heterocycles. The van der Waals surface area contributed by atoms with Gasteiger partial charge in [0.15, 0.2) is 22.6 Å². The lowest BCUT2D eigenvalue weighted by molar-refractivity contribution is 0.268. The van der Waals surface area contributed by atoms with E-state index in [0.29, 0.717) is 6.67 Å². The van der Waals surface area contributed by atoms with Crippen molar-refractivity contribution in [1.29, 1.82) is 0 Å². The summed E-state index contributed by atoms with van der Waals surface area (Å²) in [4.78, 5) is 11.4. The Morgan fingerprint density at radius 1 is 1.14 bits per heavy atom. The van der Waals surface area contributed by atoms with Gasteiger partial charge >= 0.3 is 0 Å². The van der Waals surface area contributed by atoms with Crippen LogP contribution in [-0.2, 0) is 6.42 Å². The fraction of sp³-hybridized carbons (Fsp3) is 0.300. The van der Waals surface area contributed by atoms with Gasteiger partial charge in [-0.1, -0.05) is 29.5 Å². The van der Waals surface area contributed by atoms with Crippen LogP contribution in [0.3, 0.4) is 0 Å². The molecule has 0 atom stereocenters. The van der Waals surface area contributed by atoms with Crippen LogP contribution < -0.4 is 20.1 Å². The van der Waals surface area contributed by atoms with E-state index in [9.17, 15) is 0 Å². The topological polar surface area (TPSA) is 71.0 Å². The molecule has 0 amide bonds. The van der Waals surface area contributed by atoms with Gasteiger partial charge in [0.05, 0.1) is 37.8 Å². The number of benzene rings is 2. The third-order valence-electron chi connectivity index (χ3n) is 4.58. The lowest BCUT2D eigenvalue weighted by Gasteiger charge is -2.26. The molecule has 0 radical (unpaired) electrons. The summed E-state index contributed by atoms with van der Waals surface area (Å²) in [5.74, 6) is 2.28. The van der Waals surface area contributed by atoms with E-state index in [1.165, 1.54) is 5.56 Å². The minimum Gasteiger partial charge on any atom is -0.493 e. The Balaban J connectivity index is 1.31. The highest BCUT2D eigenvalue weighted by Gasteiger charge is 2.14. The van der Waals surface area contributed by atoms with Crippen molar-refractivity contribution in [3.05, 3.63) is 48.0 Å². The molecule has 0 bridgehead atoms. The van der Waals surface area contributed by atoms with Crippen molar-refractivity contribution in [2.24, 2.45) is 4.99 Å². The predicted octanol–water partition coefficient (Wildman–Crippen LogP) is 3.14. The van der Waals surface area contributed by atoms with Crippen molar-refractivity contribution >= 4 is 32.6 Å². The van der Waals surface area contributed by atoms with Gasteiger partial charge in [-0.2, -0.15) is 0 Å². The summed E-state index contributed by atoms with van der Waals surface area (Å²) in [5.41, 5.74) is 2.21. The number of para-hydroxylation sites is 1. The largest absolute Gasteiger partial charge is 0.493 e. The molecule has 1 aliphatic heterocycles. The number of aliphatic imine (C=N–C) groups is 1. The molecule has 1 aliphatic rings. The maximum Gasteiger partial charge on any atom is 0.199 e. The number of nitrogens with zero attached hydrogens (tertiary/aromatic N) is 3. The molecule has 7 nitrogen and oxygen atoms in total. The minimum absolute atomic E-state index is 0.646. The molecule has 146 valence electrons. The van der Waals surface area contributed by atoms with Crippen molar-refractivity contribution in [2.45, 2.75) is 6.42 Å². The summed E-state index contributed by atoms with van der Waals surface area (Å²) in [6, 6.07) is 14.2. The molecular formula is C20H23N5O2S. The summed E-state index contributed by atoms with van der Waals surface area (Å²) < 4.78 is 11.8. The molecule has 0 aliphatic carbocycles. The van der Waals surface area contributed by atoms with Gasteiger partial charge < -0.3 is 20.1 Å². The van der Waals surface area contributed by atoms with Crippen molar-refractivity contribution < 1.29 is 9.47 Å². The van der Waals surface area contributed by atoms with E-state index in [-0.39, 0.29) is 0 Å². The molecule has 0 spiro atoms. The standard InChI is InChI=1S/C20H23N5O2S/c1-26-16-8-7-14(11-17(16)27-2)9-10-25-12-21-19(22-13-25)24-20-23-15-5-3-4-6-18(15)28-20/h3-8,11H,9-10,12-13H2,1-2H3,(H2,21,22,23,24). The number of aromatic nitrogens is 1. The van der Waals surface area contributed by atoms with Crippen LogP contribution in [0.2, 0.25) is 0 Å². The quantitative estimate of drug-likeness (QED) is 0.666. The highest BCUT2D eigenvalue weighted by Crippen LogP contribution is 2.28. The van der Waals surface area contributed by atoms with Crippen LogP contribution in [0.25, 0.3) is 10.2 Å². The van der Waals surface area contributed by atoms with E-state index >= 15 is 0 Å². The number of ether oxygens (including phenoxy) is 2. The Kier molecular flexibility index (Phi) is 5.59. The van der Waals surface area contributed by atoms with Crippen LogP contribution in [0.4, 0.5) is 5.13 Å². The normalized spacial score (nSPS) is 14.4. The molecule has 2 aromatic carbocycles. The number of anilines is 1. The first-order valence-corrected chi connectivity index (χ1v) is 9.91. The zero-order chi connectivity index (χ0) is 19.3. The lowest BCUT2D eigenvalue weighted by Crippen LogP contribution is -2.46. The van der Waals surface area contributed by atoms with E-state index < -0.39 is 0 Å². The SMILES string of the molecule is COc1ccc(CCN2CN=C(Nc3nc4ccccc4s3)NC2)cc1OC. The van der Waals surface area contributed by atoms with Gasteiger partial charge in [0, 0.05) is 6.54 Å². The Bertz CT molecular complexity index is 955. The van der Waals surface area contributed by atoms with Crippen LogP contribution in [0.5, 0.6) is 11.5 Å². The number of hydrogen-bond acceptors (Lipinski definition) is 8. The van der Waals surface area contributed by atoms with Gasteiger partial charge in [0.1, 0.15) is 0 Å². The second kappa shape index (κ2) is 8.45. The fourth-order valence-electron chi connectivity index (χ4n) is 3.05. The number of hydrogen-bond donors (Lipinski definition) is 2. The Hall–Kier alpha value is -2.84. The smallest absolute Gasteiger partial charge is 0.199 e. The number of nitrogens with one attached hydrogen (secondary N) is 2. The number of thiazole rings is 1. The van der Waals surface area contributed by atoms with Crippen LogP contribution in [-0.4, -0.2) is 49.9 Å². The fourth-order valence-corrected chi connectivity index (χ4v) is 3.91. The molecule has 3 aromatic rings. The van der Waals surface area contributed by atoms with Crippen LogP contribution >= 0.6 is 11.3 Å². The van der Waals surface area contributed by atoms with E-state index in [2.05, 4.69) is 37.6 Å². The van der Waals surface area contributed by atoms with Crippen molar-refractivity contribution in [3.63, 3.8) is 0 Å². The van der Waals surface area contributed by atoms with E-state index in [1.807, 2.05) is 30.3 Å². The van der Waals surface area contributed by atoms with Crippen LogP contribution in [0.15, 0.2) is 47.5 Å². The molecule has 0 saturated carbocycles. The van der Waals surface area contributed by atoms with Crippen molar-refractivity contribution in [3.8, 4) is 11.5 Å². The third-order valence-corrected chi connectivity index (χ3v) is 5.53. The lowest BCUT2D eigenvalue weighted by atomic mass is 10.1. The van der Waals surface area contributed by atoms with Crippen LogP contribution in [0.1, 0.15) is 5.56 Å². The first-order chi connectivity index (χ1) is 13.7. The predicted molar refractivity (Wildman–Crippen MR) is 114 cm³/mol. The van der Waals surface area contributed by atoms with Gasteiger partial charge in [-0.15, -0.1) is 0 Å². The van der Waals surface area contributed by atoms with Gasteiger partial charge in [0.25, 0.3) is 0 Å². The highest BCUT2D eigenvalue weighted by molar-refractivity contribution is 7.22. The number of rotatable bonds is 6. The Morgan fingerprint density at radius 3 is 2.75 bits per heavy atom. The van der Waals surface area contributed by atoms with E-state index in [0.717, 1.165) is 52.4 Å². The Morgan fingerprint density at radius 2 is 2.00 bits per heavy atom. The summed E-state index contributed by atoms with van der Waals surface area (Å²) in [7, 11) is 3.31. The molecule has 1 aromatic heterocycles. The maximum absolute atomic E-state index is 5.38. The average molecular weight is 398 g/mol. The second-order valence-corrected chi connectivity index (χ2v) is 7.46. The first kappa shape index (κ1) is 18.5. The Labute approximate surface area is 168 Å². The highest BCUT2D eigenvalue weighted by atomic mass is 32.1. The van der Waals surface area contributed by atoms with Crippen LogP contribution in [0, 0.1) is 0 Å². The number of guanidine groups is 1. The molecule has 0 fully saturated rings. The van der Waals surface area contributed by atoms with Gasteiger partial charge in [0.2, 0.25) is 0 Å². The summed E-state index contributed by atoms with van der Waals surface area (Å²) in [6.07, 6.45) is 0.915. The van der Waals surface area contributed by atoms with E-state index in [4.69, 9.17) is 9.47 Å². The maximum atomic E-state index is 5.38. The van der Waals surface area contributed by atoms with Gasteiger partial charge in [-0.05, 0) is 36.2 Å².